The van der Waals surface area contributed by atoms with Crippen LogP contribution in [0.4, 0.5) is 0 Å². The highest BCUT2D eigenvalue weighted by Gasteiger charge is 2.47. The van der Waals surface area contributed by atoms with E-state index in [1.165, 1.54) is 10.4 Å². The Morgan fingerprint density at radius 2 is 1.42 bits per heavy atom. The number of rotatable bonds is 11. The van der Waals surface area contributed by atoms with Gasteiger partial charge < -0.3 is 15.0 Å². The van der Waals surface area contributed by atoms with Crippen molar-refractivity contribution >= 4 is 36.2 Å². The number of benzene rings is 3. The van der Waals surface area contributed by atoms with Gasteiger partial charge in [0.15, 0.2) is 0 Å². The third kappa shape index (κ3) is 8.02. The minimum absolute atomic E-state index is 0.0326. The molecule has 1 heterocycles. The molecule has 0 aliphatic carbocycles. The average Bonchev–Trinajstić information content (AvgIpc) is 3.48. The lowest BCUT2D eigenvalue weighted by atomic mass is 10.1. The van der Waals surface area contributed by atoms with Crippen molar-refractivity contribution in [1.82, 2.24) is 10.2 Å². The molecule has 2 amide bonds. The molecule has 1 saturated heterocycles. The smallest absolute Gasteiger partial charge is 0.329 e. The van der Waals surface area contributed by atoms with E-state index in [1.807, 2.05) is 87.5 Å². The maximum Gasteiger partial charge on any atom is 0.329 e. The first-order chi connectivity index (χ1) is 20.5. The van der Waals surface area contributed by atoms with E-state index >= 15 is 0 Å². The lowest BCUT2D eigenvalue weighted by Gasteiger charge is -2.42. The lowest BCUT2D eigenvalue weighted by molar-refractivity contribution is -0.163. The number of amides is 2. The Balaban J connectivity index is 1.74. The van der Waals surface area contributed by atoms with Gasteiger partial charge in [0.25, 0.3) is 5.91 Å². The molecule has 1 aliphatic heterocycles. The van der Waals surface area contributed by atoms with Gasteiger partial charge in [-0.05, 0) is 64.1 Å². The van der Waals surface area contributed by atoms with Crippen LogP contribution in [0.1, 0.15) is 70.7 Å². The molecule has 4 rings (SSSR count). The Kier molecular flexibility index (Phi) is 10.6. The van der Waals surface area contributed by atoms with Crippen LogP contribution in [-0.4, -0.2) is 54.6 Å². The summed E-state index contributed by atoms with van der Waals surface area (Å²) in [6.45, 7) is 10.5. The molecule has 3 aromatic rings. The minimum atomic E-state index is -2.83. The van der Waals surface area contributed by atoms with Gasteiger partial charge in [-0.1, -0.05) is 103 Å². The van der Waals surface area contributed by atoms with Crippen molar-refractivity contribution < 1.29 is 19.1 Å². The molecule has 0 spiro atoms. The van der Waals surface area contributed by atoms with Gasteiger partial charge in [0, 0.05) is 24.2 Å². The molecule has 0 saturated carbocycles. The minimum Gasteiger partial charge on any atom is -0.458 e. The maximum atomic E-state index is 14.0. The highest BCUT2D eigenvalue weighted by Crippen LogP contribution is 2.27. The molecule has 228 valence electrons. The number of likely N-dealkylation sites (tertiary alicyclic amines) is 1. The summed E-state index contributed by atoms with van der Waals surface area (Å²) in [4.78, 5) is 42.5. The molecule has 1 N–H and O–H groups in total. The summed E-state index contributed by atoms with van der Waals surface area (Å²) >= 11 is 0. The Hall–Kier alpha value is -3.71. The summed E-state index contributed by atoms with van der Waals surface area (Å²) in [7, 11) is -2.83. The molecule has 6 nitrogen and oxygen atoms in total. The SMILES string of the molecule is CC(C)CC(NC(=O)c1ccccc1)[Si](CCC(=O)N1CCC[C@H]1C(=O)OC(C)(C)C)(c1ccccc1)c1ccccc1. The first-order valence-corrected chi connectivity index (χ1v) is 17.8. The predicted molar refractivity (Wildman–Crippen MR) is 175 cm³/mol. The van der Waals surface area contributed by atoms with Crippen LogP contribution in [0.3, 0.4) is 0 Å². The fourth-order valence-electron chi connectivity index (χ4n) is 6.32. The number of hydrogen-bond donors (Lipinski definition) is 1. The molecule has 1 unspecified atom stereocenters. The van der Waals surface area contributed by atoms with Crippen LogP contribution in [0, 0.1) is 5.92 Å². The highest BCUT2D eigenvalue weighted by molar-refractivity contribution is 7.03. The second kappa shape index (κ2) is 14.2. The third-order valence-electron chi connectivity index (χ3n) is 8.21. The molecule has 3 aromatic carbocycles. The number of nitrogens with one attached hydrogen (secondary N) is 1. The summed E-state index contributed by atoms with van der Waals surface area (Å²) in [5.74, 6) is -0.160. The van der Waals surface area contributed by atoms with Crippen LogP contribution in [0.5, 0.6) is 0 Å². The van der Waals surface area contributed by atoms with E-state index in [9.17, 15) is 14.4 Å². The summed E-state index contributed by atoms with van der Waals surface area (Å²) < 4.78 is 5.68. The Labute approximate surface area is 257 Å². The second-order valence-electron chi connectivity index (χ2n) is 13.0. The number of carbonyl (C=O) groups excluding carboxylic acids is 3. The first kappa shape index (κ1) is 32.2. The quantitative estimate of drug-likeness (QED) is 0.238. The van der Waals surface area contributed by atoms with Gasteiger partial charge in [-0.2, -0.15) is 0 Å². The van der Waals surface area contributed by atoms with Crippen LogP contribution in [0.25, 0.3) is 0 Å². The van der Waals surface area contributed by atoms with E-state index in [1.54, 1.807) is 4.90 Å². The van der Waals surface area contributed by atoms with Crippen molar-refractivity contribution in [3.05, 3.63) is 96.6 Å². The van der Waals surface area contributed by atoms with E-state index in [0.29, 0.717) is 30.5 Å². The monoisotopic (exact) mass is 598 g/mol. The summed E-state index contributed by atoms with van der Waals surface area (Å²) in [6.07, 6.45) is 2.44. The van der Waals surface area contributed by atoms with Crippen molar-refractivity contribution in [3.8, 4) is 0 Å². The topological polar surface area (TPSA) is 75.7 Å². The van der Waals surface area contributed by atoms with Crippen LogP contribution in [-0.2, 0) is 14.3 Å². The number of ether oxygens (including phenoxy) is 1. The summed E-state index contributed by atoms with van der Waals surface area (Å²) in [5.41, 5.74) is -0.162. The summed E-state index contributed by atoms with van der Waals surface area (Å²) in [5, 5.41) is 5.83. The molecule has 0 radical (unpaired) electrons. The van der Waals surface area contributed by atoms with E-state index in [4.69, 9.17) is 4.74 Å². The Morgan fingerprint density at radius 1 is 0.884 bits per heavy atom. The molecular weight excluding hydrogens is 552 g/mol. The van der Waals surface area contributed by atoms with E-state index < -0.39 is 19.7 Å². The van der Waals surface area contributed by atoms with Crippen LogP contribution in [0.2, 0.25) is 6.04 Å². The largest absolute Gasteiger partial charge is 0.458 e. The third-order valence-corrected chi connectivity index (χ3v) is 13.5. The standard InChI is InChI=1S/C36H46N2O4Si/c1-27(2)26-32(37-34(40)28-16-9-6-10-17-28)43(29-18-11-7-12-19-29,30-20-13-8-14-21-30)25-23-33(39)38-24-15-22-31(38)35(41)42-36(3,4)5/h6-14,16-21,27,31-32H,15,22-26H2,1-5H3,(H,37,40)/t31-,32?/m0/s1. The van der Waals surface area contributed by atoms with E-state index in [2.05, 4.69) is 43.4 Å². The Bertz CT molecular complexity index is 1320. The molecular formula is C36H46N2O4Si. The van der Waals surface area contributed by atoms with Crippen LogP contribution in [0.15, 0.2) is 91.0 Å². The molecule has 7 heteroatoms. The van der Waals surface area contributed by atoms with Crippen molar-refractivity contribution in [1.29, 1.82) is 0 Å². The van der Waals surface area contributed by atoms with Crippen LogP contribution >= 0.6 is 0 Å². The zero-order valence-corrected chi connectivity index (χ0v) is 27.2. The molecule has 1 fully saturated rings. The summed E-state index contributed by atoms with van der Waals surface area (Å²) in [6, 6.07) is 30.2. The van der Waals surface area contributed by atoms with Gasteiger partial charge in [0.2, 0.25) is 5.91 Å². The van der Waals surface area contributed by atoms with Crippen molar-refractivity contribution in [2.24, 2.45) is 5.92 Å². The van der Waals surface area contributed by atoms with Gasteiger partial charge in [-0.25, -0.2) is 4.79 Å². The van der Waals surface area contributed by atoms with Crippen molar-refractivity contribution in [2.45, 2.75) is 83.7 Å². The zero-order valence-electron chi connectivity index (χ0n) is 26.2. The number of hydrogen-bond acceptors (Lipinski definition) is 4. The van der Waals surface area contributed by atoms with Gasteiger partial charge in [-0.15, -0.1) is 0 Å². The molecule has 43 heavy (non-hydrogen) atoms. The normalized spacial score (nSPS) is 16.1. The molecule has 1 aliphatic rings. The molecule has 0 aromatic heterocycles. The Morgan fingerprint density at radius 3 is 1.93 bits per heavy atom. The second-order valence-corrected chi connectivity index (χ2v) is 17.3. The fourth-order valence-corrected chi connectivity index (χ4v) is 11.8. The van der Waals surface area contributed by atoms with Crippen molar-refractivity contribution in [3.63, 3.8) is 0 Å². The lowest BCUT2D eigenvalue weighted by Crippen LogP contribution is -2.71. The highest BCUT2D eigenvalue weighted by atomic mass is 28.3. The zero-order chi connectivity index (χ0) is 31.0. The fraction of sp³-hybridized carbons (Fsp3) is 0.417. The van der Waals surface area contributed by atoms with Crippen LogP contribution < -0.4 is 15.7 Å². The number of carbonyl (C=O) groups is 3. The van der Waals surface area contributed by atoms with Gasteiger partial charge in [0.05, 0.1) is 0 Å². The first-order valence-electron chi connectivity index (χ1n) is 15.5. The number of nitrogens with zero attached hydrogens (tertiary/aromatic N) is 1. The van der Waals surface area contributed by atoms with Gasteiger partial charge in [0.1, 0.15) is 19.7 Å². The van der Waals surface area contributed by atoms with Crippen molar-refractivity contribution in [2.75, 3.05) is 6.54 Å². The van der Waals surface area contributed by atoms with Gasteiger partial charge in [-0.3, -0.25) is 9.59 Å². The molecule has 0 bridgehead atoms. The average molecular weight is 599 g/mol. The molecule has 2 atom stereocenters. The van der Waals surface area contributed by atoms with Gasteiger partial charge >= 0.3 is 5.97 Å². The predicted octanol–water partition coefficient (Wildman–Crippen LogP) is 5.36. The number of esters is 1. The van der Waals surface area contributed by atoms with E-state index in [-0.39, 0.29) is 29.9 Å². The maximum absolute atomic E-state index is 14.0. The van der Waals surface area contributed by atoms with E-state index in [0.717, 1.165) is 12.8 Å².